The predicted octanol–water partition coefficient (Wildman–Crippen LogP) is 16.2. The molecular weight excluding hydrogens is 759 g/mol. The van der Waals surface area contributed by atoms with Crippen molar-refractivity contribution in [3.8, 4) is 39.1 Å². The molecule has 0 radical (unpaired) electrons. The number of hydrogen-bond donors (Lipinski definition) is 0. The zero-order chi connectivity index (χ0) is 40.3. The highest BCUT2D eigenvalue weighted by atomic mass is 32.1. The molecular formula is C58H39NOS. The summed E-state index contributed by atoms with van der Waals surface area (Å²) >= 11 is 1.85. The Labute approximate surface area is 359 Å². The number of thiophene rings is 1. The number of benzene rings is 9. The molecule has 0 fully saturated rings. The number of hydrogen-bond acceptors (Lipinski definition) is 3. The molecule has 0 saturated carbocycles. The van der Waals surface area contributed by atoms with Crippen molar-refractivity contribution < 1.29 is 4.74 Å². The number of fused-ring (bicyclic) bond motifs is 8. The van der Waals surface area contributed by atoms with Crippen LogP contribution in [0.25, 0.3) is 69.9 Å². The maximum atomic E-state index is 7.07. The second-order valence-electron chi connectivity index (χ2n) is 15.9. The van der Waals surface area contributed by atoms with Crippen LogP contribution in [0, 0.1) is 0 Å². The van der Waals surface area contributed by atoms with Crippen molar-refractivity contribution in [3.63, 3.8) is 0 Å². The van der Waals surface area contributed by atoms with Gasteiger partial charge in [-0.25, -0.2) is 0 Å². The van der Waals surface area contributed by atoms with Gasteiger partial charge in [0.25, 0.3) is 0 Å². The second kappa shape index (κ2) is 14.7. The summed E-state index contributed by atoms with van der Waals surface area (Å²) in [6, 6.07) is 74.8. The Kier molecular flexibility index (Phi) is 8.53. The molecule has 1 aromatic heterocycles. The quantitative estimate of drug-likeness (QED) is 0.159. The van der Waals surface area contributed by atoms with E-state index >= 15 is 0 Å². The molecule has 9 aromatic carbocycles. The number of rotatable bonds is 7. The van der Waals surface area contributed by atoms with Gasteiger partial charge in [-0.3, -0.25) is 0 Å². The highest BCUT2D eigenvalue weighted by Gasteiger charge is 2.38. The summed E-state index contributed by atoms with van der Waals surface area (Å²) in [6.07, 6.45) is 6.65. The van der Waals surface area contributed by atoms with Gasteiger partial charge < -0.3 is 9.64 Å². The molecule has 0 spiro atoms. The first kappa shape index (κ1) is 35.5. The maximum absolute atomic E-state index is 7.07. The summed E-state index contributed by atoms with van der Waals surface area (Å²) in [5.74, 6) is 1.09. The number of anilines is 3. The van der Waals surface area contributed by atoms with Crippen LogP contribution in [0.4, 0.5) is 17.1 Å². The Bertz CT molecular complexity index is 3310. The molecule has 0 saturated heterocycles. The van der Waals surface area contributed by atoms with Crippen LogP contribution in [-0.2, 0) is 0 Å². The summed E-state index contributed by atoms with van der Waals surface area (Å²) < 4.78 is 9.65. The molecule has 0 N–H and O–H groups in total. The molecule has 0 amide bonds. The third kappa shape index (κ3) is 6.08. The molecule has 0 bridgehead atoms. The third-order valence-corrected chi connectivity index (χ3v) is 13.6. The van der Waals surface area contributed by atoms with Gasteiger partial charge in [-0.15, -0.1) is 11.3 Å². The maximum Gasteiger partial charge on any atom is 0.135 e. The highest BCUT2D eigenvalue weighted by Crippen LogP contribution is 2.52. The topological polar surface area (TPSA) is 12.5 Å². The van der Waals surface area contributed by atoms with Crippen molar-refractivity contribution in [1.29, 1.82) is 0 Å². The molecule has 2 nitrogen and oxygen atoms in total. The number of ether oxygens (including phenoxy) is 1. The molecule has 3 heteroatoms. The largest absolute Gasteiger partial charge is 0.484 e. The average Bonchev–Trinajstić information content (AvgIpc) is 3.92. The number of nitrogens with zero attached hydrogens (tertiary/aromatic N) is 1. The van der Waals surface area contributed by atoms with Gasteiger partial charge >= 0.3 is 0 Å². The van der Waals surface area contributed by atoms with E-state index in [2.05, 4.69) is 229 Å². The zero-order valence-electron chi connectivity index (χ0n) is 33.3. The molecule has 2 heterocycles. The summed E-state index contributed by atoms with van der Waals surface area (Å²) in [5.41, 5.74) is 14.3. The van der Waals surface area contributed by atoms with E-state index in [1.807, 2.05) is 11.3 Å². The van der Waals surface area contributed by atoms with Crippen LogP contribution < -0.4 is 9.64 Å². The lowest BCUT2D eigenvalue weighted by atomic mass is 9.82. The first-order valence-corrected chi connectivity index (χ1v) is 21.8. The summed E-state index contributed by atoms with van der Waals surface area (Å²) in [4.78, 5) is 2.42. The Balaban J connectivity index is 0.911. The number of allylic oxidation sites excluding steroid dienone is 2. The van der Waals surface area contributed by atoms with Crippen molar-refractivity contribution in [2.24, 2.45) is 0 Å². The van der Waals surface area contributed by atoms with Gasteiger partial charge in [0.2, 0.25) is 0 Å². The van der Waals surface area contributed by atoms with E-state index in [9.17, 15) is 0 Å². The van der Waals surface area contributed by atoms with Crippen LogP contribution in [0.15, 0.2) is 224 Å². The van der Waals surface area contributed by atoms with E-state index in [4.69, 9.17) is 4.74 Å². The molecule has 12 rings (SSSR count). The second-order valence-corrected chi connectivity index (χ2v) is 17.0. The minimum Gasteiger partial charge on any atom is -0.484 e. The average molecular weight is 798 g/mol. The summed E-state index contributed by atoms with van der Waals surface area (Å²) in [5, 5.41) is 4.92. The van der Waals surface area contributed by atoms with Crippen molar-refractivity contribution in [2.45, 2.75) is 12.0 Å². The van der Waals surface area contributed by atoms with Crippen LogP contribution in [0.5, 0.6) is 5.75 Å². The minimum absolute atomic E-state index is 0.103. The monoisotopic (exact) mass is 797 g/mol. The first-order chi connectivity index (χ1) is 30.2. The third-order valence-electron chi connectivity index (χ3n) is 12.5. The summed E-state index contributed by atoms with van der Waals surface area (Å²) in [7, 11) is 0. The van der Waals surface area contributed by atoms with Crippen molar-refractivity contribution in [1.82, 2.24) is 0 Å². The van der Waals surface area contributed by atoms with Crippen molar-refractivity contribution >= 4 is 64.9 Å². The van der Waals surface area contributed by atoms with Gasteiger partial charge in [0.05, 0.1) is 5.69 Å². The van der Waals surface area contributed by atoms with Crippen molar-refractivity contribution in [3.05, 3.63) is 236 Å². The van der Waals surface area contributed by atoms with E-state index in [0.717, 1.165) is 28.1 Å². The Morgan fingerprint density at radius 1 is 0.443 bits per heavy atom. The van der Waals surface area contributed by atoms with Crippen LogP contribution in [-0.4, -0.2) is 6.10 Å². The molecule has 1 aliphatic carbocycles. The normalized spacial score (nSPS) is 15.4. The SMILES string of the molecule is C1=CC2c3cc(-c4ccc(-c5ccccc5)cc4)c4ccccc4c3OC2C(c2ccc(N(c3ccc(-c4ccccc4)cc3)c3cccc4sc5ccccc5c34)cc2)=C1. The predicted molar refractivity (Wildman–Crippen MR) is 259 cm³/mol. The van der Waals surface area contributed by atoms with E-state index in [1.54, 1.807) is 0 Å². The molecule has 61 heavy (non-hydrogen) atoms. The highest BCUT2D eigenvalue weighted by molar-refractivity contribution is 7.26. The fourth-order valence-corrected chi connectivity index (χ4v) is 10.7. The fourth-order valence-electron chi connectivity index (χ4n) is 9.53. The Hall–Kier alpha value is -7.46. The van der Waals surface area contributed by atoms with Gasteiger partial charge in [-0.2, -0.15) is 0 Å². The lowest BCUT2D eigenvalue weighted by Crippen LogP contribution is -2.21. The molecule has 2 unspecified atom stereocenters. The van der Waals surface area contributed by atoms with Gasteiger partial charge in [-0.1, -0.05) is 176 Å². The zero-order valence-corrected chi connectivity index (χ0v) is 34.1. The first-order valence-electron chi connectivity index (χ1n) is 21.0. The lowest BCUT2D eigenvalue weighted by Gasteiger charge is -2.28. The molecule has 1 aliphatic heterocycles. The van der Waals surface area contributed by atoms with E-state index < -0.39 is 0 Å². The van der Waals surface area contributed by atoms with Gasteiger partial charge in [0.1, 0.15) is 11.9 Å². The Morgan fingerprint density at radius 2 is 0.984 bits per heavy atom. The lowest BCUT2D eigenvalue weighted by molar-refractivity contribution is 0.281. The molecule has 2 aliphatic rings. The van der Waals surface area contributed by atoms with E-state index in [0.29, 0.717) is 0 Å². The van der Waals surface area contributed by atoms with Crippen LogP contribution >= 0.6 is 11.3 Å². The van der Waals surface area contributed by atoms with Crippen LogP contribution in [0.1, 0.15) is 17.0 Å². The standard InChI is InChI=1S/C58H39NOS/c1-3-13-38(14-4-1)40-25-27-43(28-26-40)51-37-52-49-21-11-20-46(57(49)60-58(52)48-18-8-7-17-47(48)51)42-31-35-45(36-32-42)59(44-33-29-41(30-34-44)39-15-5-2-6-16-39)53-22-12-24-55-56(53)50-19-9-10-23-54(50)61-55/h1-37,49,57H. The van der Waals surface area contributed by atoms with Crippen molar-refractivity contribution in [2.75, 3.05) is 4.90 Å². The van der Waals surface area contributed by atoms with Crippen LogP contribution in [0.2, 0.25) is 0 Å². The molecule has 2 atom stereocenters. The fraction of sp³-hybridized carbons (Fsp3) is 0.0345. The smallest absolute Gasteiger partial charge is 0.135 e. The Morgan fingerprint density at radius 3 is 1.67 bits per heavy atom. The van der Waals surface area contributed by atoms with E-state index in [1.165, 1.54) is 75.8 Å². The molecule has 288 valence electrons. The van der Waals surface area contributed by atoms with E-state index in [-0.39, 0.29) is 12.0 Å². The summed E-state index contributed by atoms with van der Waals surface area (Å²) in [6.45, 7) is 0. The van der Waals surface area contributed by atoms with Gasteiger partial charge in [0.15, 0.2) is 0 Å². The minimum atomic E-state index is -0.127. The molecule has 10 aromatic rings. The van der Waals surface area contributed by atoms with Gasteiger partial charge in [0, 0.05) is 54.0 Å². The van der Waals surface area contributed by atoms with Gasteiger partial charge in [-0.05, 0) is 92.9 Å². The van der Waals surface area contributed by atoms with Crippen LogP contribution in [0.3, 0.4) is 0 Å².